The summed E-state index contributed by atoms with van der Waals surface area (Å²) in [4.78, 5) is 15.9. The fourth-order valence-corrected chi connectivity index (χ4v) is 5.72. The molecule has 0 unspecified atom stereocenters. The number of carbonyl (C=O) groups is 1. The number of likely N-dealkylation sites (tertiary alicyclic amines) is 1. The Morgan fingerprint density at radius 1 is 0.650 bits per heavy atom. The van der Waals surface area contributed by atoms with Crippen LogP contribution in [0.25, 0.3) is 21.5 Å². The summed E-state index contributed by atoms with van der Waals surface area (Å²) in [7, 11) is 0. The number of nitrogens with zero attached hydrogens (tertiary/aromatic N) is 2. The second-order valence-electron chi connectivity index (χ2n) is 11.5. The van der Waals surface area contributed by atoms with Crippen molar-refractivity contribution < 1.29 is 9.53 Å². The number of carbonyl (C=O) groups excluding carboxylic acids is 1. The Morgan fingerprint density at radius 3 is 1.75 bits per heavy atom. The molecule has 0 radical (unpaired) electrons. The lowest BCUT2D eigenvalue weighted by molar-refractivity contribution is 0.0216. The van der Waals surface area contributed by atoms with E-state index in [-0.39, 0.29) is 11.7 Å². The molecule has 4 aromatic rings. The number of piperidine rings is 2. The first-order valence-corrected chi connectivity index (χ1v) is 15.4. The fraction of sp³-hybridized carbons (Fsp3) is 0.400. The van der Waals surface area contributed by atoms with E-state index in [0.717, 1.165) is 30.4 Å². The highest BCUT2D eigenvalue weighted by atomic mass is 79.9. The molecular weight excluding hydrogens is 560 g/mol. The maximum atomic E-state index is 11.5. The maximum Gasteiger partial charge on any atom is 0.410 e. The van der Waals surface area contributed by atoms with E-state index < -0.39 is 0 Å². The largest absolute Gasteiger partial charge is 0.444 e. The molecule has 0 aromatic heterocycles. The topological polar surface area (TPSA) is 32.8 Å². The van der Waals surface area contributed by atoms with E-state index in [1.54, 1.807) is 4.90 Å². The molecule has 1 amide bonds. The fourth-order valence-electron chi connectivity index (χ4n) is 5.21. The Labute approximate surface area is 248 Å². The zero-order valence-electron chi connectivity index (χ0n) is 24.2. The van der Waals surface area contributed by atoms with Crippen molar-refractivity contribution in [2.75, 3.05) is 31.1 Å². The zero-order valence-corrected chi connectivity index (χ0v) is 25.8. The molecule has 2 aliphatic heterocycles. The van der Waals surface area contributed by atoms with Crippen LogP contribution in [-0.2, 0) is 4.74 Å². The van der Waals surface area contributed by atoms with Crippen LogP contribution >= 0.6 is 15.9 Å². The van der Waals surface area contributed by atoms with E-state index in [9.17, 15) is 4.79 Å². The van der Waals surface area contributed by atoms with Crippen LogP contribution in [0.3, 0.4) is 0 Å². The molecule has 0 aliphatic carbocycles. The number of hydrogen-bond acceptors (Lipinski definition) is 3. The average molecular weight is 604 g/mol. The molecule has 2 aliphatic rings. The highest BCUT2D eigenvalue weighted by Crippen LogP contribution is 2.28. The monoisotopic (exact) mass is 602 g/mol. The molecule has 6 rings (SSSR count). The molecule has 5 heteroatoms. The van der Waals surface area contributed by atoms with Gasteiger partial charge >= 0.3 is 6.09 Å². The number of amides is 1. The molecule has 2 heterocycles. The van der Waals surface area contributed by atoms with E-state index >= 15 is 0 Å². The van der Waals surface area contributed by atoms with Crippen molar-refractivity contribution in [3.05, 3.63) is 89.4 Å². The van der Waals surface area contributed by atoms with Gasteiger partial charge < -0.3 is 14.5 Å². The molecule has 4 aromatic carbocycles. The SMILES string of the molecule is Brc1cccc2ccccc12.CC(C)(C)OC(=O)N1CCCCC1.c1ccc2c(N3CCCCC3)cccc2c1. The Bertz CT molecular complexity index is 1360. The lowest BCUT2D eigenvalue weighted by Crippen LogP contribution is -2.39. The van der Waals surface area contributed by atoms with Crippen molar-refractivity contribution in [3.63, 3.8) is 0 Å². The number of rotatable bonds is 1. The molecule has 0 N–H and O–H groups in total. The molecule has 0 saturated carbocycles. The van der Waals surface area contributed by atoms with E-state index in [1.165, 1.54) is 66.0 Å². The number of benzene rings is 4. The first-order valence-electron chi connectivity index (χ1n) is 14.7. The van der Waals surface area contributed by atoms with Gasteiger partial charge in [0.2, 0.25) is 0 Å². The van der Waals surface area contributed by atoms with E-state index in [4.69, 9.17) is 4.74 Å². The molecule has 4 nitrogen and oxygen atoms in total. The molecule has 2 fully saturated rings. The van der Waals surface area contributed by atoms with Gasteiger partial charge in [0, 0.05) is 41.7 Å². The summed E-state index contributed by atoms with van der Waals surface area (Å²) in [5, 5.41) is 5.30. The van der Waals surface area contributed by atoms with Crippen molar-refractivity contribution in [1.82, 2.24) is 4.90 Å². The van der Waals surface area contributed by atoms with E-state index in [0.29, 0.717) is 0 Å². The smallest absolute Gasteiger partial charge is 0.410 e. The summed E-state index contributed by atoms with van der Waals surface area (Å²) in [6.07, 6.45) is 7.36. The maximum absolute atomic E-state index is 11.5. The predicted molar refractivity (Wildman–Crippen MR) is 173 cm³/mol. The van der Waals surface area contributed by atoms with Gasteiger partial charge in [-0.15, -0.1) is 0 Å². The minimum Gasteiger partial charge on any atom is -0.444 e. The average Bonchev–Trinajstić information content (AvgIpc) is 2.98. The van der Waals surface area contributed by atoms with E-state index in [1.807, 2.05) is 32.9 Å². The molecule has 0 bridgehead atoms. The molecule has 0 spiro atoms. The van der Waals surface area contributed by atoms with Gasteiger partial charge in [-0.3, -0.25) is 0 Å². The minimum absolute atomic E-state index is 0.160. The van der Waals surface area contributed by atoms with Gasteiger partial charge in [0.15, 0.2) is 0 Å². The number of ether oxygens (including phenoxy) is 1. The summed E-state index contributed by atoms with van der Waals surface area (Å²) in [5.41, 5.74) is 1.05. The summed E-state index contributed by atoms with van der Waals surface area (Å²) in [5.74, 6) is 0. The van der Waals surface area contributed by atoms with Crippen molar-refractivity contribution in [2.45, 2.75) is 64.9 Å². The van der Waals surface area contributed by atoms with Gasteiger partial charge in [-0.05, 0) is 87.6 Å². The normalized spacial score (nSPS) is 15.5. The number of fused-ring (bicyclic) bond motifs is 2. The molecule has 212 valence electrons. The summed E-state index contributed by atoms with van der Waals surface area (Å²) >= 11 is 3.50. The lowest BCUT2D eigenvalue weighted by atomic mass is 10.1. The van der Waals surface area contributed by atoms with Crippen LogP contribution in [0.4, 0.5) is 10.5 Å². The molecule has 0 atom stereocenters. The van der Waals surface area contributed by atoms with Gasteiger partial charge in [-0.25, -0.2) is 4.79 Å². The molecule has 2 saturated heterocycles. The highest BCUT2D eigenvalue weighted by molar-refractivity contribution is 9.10. The summed E-state index contributed by atoms with van der Waals surface area (Å²) < 4.78 is 6.43. The van der Waals surface area contributed by atoms with Crippen LogP contribution in [0.5, 0.6) is 0 Å². The second-order valence-corrected chi connectivity index (χ2v) is 12.4. The van der Waals surface area contributed by atoms with Crippen LogP contribution < -0.4 is 4.90 Å². The Hall–Kier alpha value is -3.05. The van der Waals surface area contributed by atoms with Crippen molar-refractivity contribution in [2.24, 2.45) is 0 Å². The van der Waals surface area contributed by atoms with Gasteiger partial charge in [0.05, 0.1) is 0 Å². The first kappa shape index (κ1) is 29.9. The van der Waals surface area contributed by atoms with Gasteiger partial charge in [0.25, 0.3) is 0 Å². The third-order valence-corrected chi connectivity index (χ3v) is 7.90. The van der Waals surface area contributed by atoms with Crippen LogP contribution in [0.15, 0.2) is 89.4 Å². The highest BCUT2D eigenvalue weighted by Gasteiger charge is 2.23. The minimum atomic E-state index is -0.367. The quantitative estimate of drug-likeness (QED) is 0.217. The Kier molecular flexibility index (Phi) is 10.9. The van der Waals surface area contributed by atoms with Crippen LogP contribution in [-0.4, -0.2) is 42.8 Å². The second kappa shape index (κ2) is 14.5. The van der Waals surface area contributed by atoms with Gasteiger partial charge in [0.1, 0.15) is 5.60 Å². The Balaban J connectivity index is 0.000000141. The van der Waals surface area contributed by atoms with Crippen LogP contribution in [0, 0.1) is 0 Å². The standard InChI is InChI=1S/C15H17N.C10H7Br.C10H19NO2/c1-4-11-16(12-5-1)15-10-6-8-13-7-2-3-9-14(13)15;11-10-7-3-5-8-4-1-2-6-9(8)10;1-10(2,3)13-9(12)11-7-5-4-6-8-11/h2-3,6-10H,1,4-5,11-12H2;1-7H;4-8H2,1-3H3. The van der Waals surface area contributed by atoms with Crippen LogP contribution in [0.2, 0.25) is 0 Å². The predicted octanol–water partition coefficient (Wildman–Crippen LogP) is 9.84. The summed E-state index contributed by atoms with van der Waals surface area (Å²) in [6.45, 7) is 9.84. The zero-order chi connectivity index (χ0) is 28.4. The van der Waals surface area contributed by atoms with Crippen molar-refractivity contribution in [3.8, 4) is 0 Å². The van der Waals surface area contributed by atoms with Gasteiger partial charge in [-0.1, -0.05) is 88.7 Å². The summed E-state index contributed by atoms with van der Waals surface area (Å²) in [6, 6.07) is 29.8. The van der Waals surface area contributed by atoms with Gasteiger partial charge in [-0.2, -0.15) is 0 Å². The van der Waals surface area contributed by atoms with Crippen LogP contribution in [0.1, 0.15) is 59.3 Å². The van der Waals surface area contributed by atoms with Crippen molar-refractivity contribution in [1.29, 1.82) is 0 Å². The number of hydrogen-bond donors (Lipinski definition) is 0. The Morgan fingerprint density at radius 2 is 1.15 bits per heavy atom. The third kappa shape index (κ3) is 8.72. The molecule has 40 heavy (non-hydrogen) atoms. The number of anilines is 1. The first-order chi connectivity index (χ1) is 19.3. The third-order valence-electron chi connectivity index (χ3n) is 7.21. The number of halogens is 1. The van der Waals surface area contributed by atoms with Crippen molar-refractivity contribution >= 4 is 49.3 Å². The van der Waals surface area contributed by atoms with E-state index in [2.05, 4.69) is 93.6 Å². The molecular formula is C35H43BrN2O2. The lowest BCUT2D eigenvalue weighted by Gasteiger charge is -2.29.